The van der Waals surface area contributed by atoms with E-state index >= 15 is 0 Å². The Bertz CT molecular complexity index is 284. The van der Waals surface area contributed by atoms with E-state index in [1.165, 1.54) is 0 Å². The van der Waals surface area contributed by atoms with Crippen LogP contribution in [0.3, 0.4) is 0 Å². The molecule has 0 aromatic heterocycles. The Labute approximate surface area is 90.6 Å². The van der Waals surface area contributed by atoms with Gasteiger partial charge in [-0.25, -0.2) is 4.79 Å². The van der Waals surface area contributed by atoms with Crippen molar-refractivity contribution in [3.8, 4) is 12.3 Å². The van der Waals surface area contributed by atoms with Crippen LogP contribution >= 0.6 is 0 Å². The Kier molecular flexibility index (Phi) is 3.12. The number of carbonyl (C=O) groups is 1. The maximum absolute atomic E-state index is 11.3. The lowest BCUT2D eigenvalue weighted by molar-refractivity contribution is 0.121. The Balaban J connectivity index is 1.78. The van der Waals surface area contributed by atoms with Crippen LogP contribution in [0.1, 0.15) is 12.8 Å². The minimum Gasteiger partial charge on any atom is -0.336 e. The van der Waals surface area contributed by atoms with Crippen LogP contribution in [-0.4, -0.2) is 54.6 Å². The third-order valence-electron chi connectivity index (χ3n) is 3.11. The molecule has 0 aliphatic carbocycles. The van der Waals surface area contributed by atoms with Crippen molar-refractivity contribution in [1.82, 2.24) is 15.1 Å². The number of urea groups is 1. The zero-order valence-electron chi connectivity index (χ0n) is 8.91. The Morgan fingerprint density at radius 1 is 1.53 bits per heavy atom. The first-order valence-electron chi connectivity index (χ1n) is 5.51. The molecule has 1 N–H and O–H groups in total. The summed E-state index contributed by atoms with van der Waals surface area (Å²) in [4.78, 5) is 15.7. The molecule has 0 spiro atoms. The zero-order chi connectivity index (χ0) is 10.7. The molecular weight excluding hydrogens is 190 g/mol. The minimum atomic E-state index is 0.100. The average Bonchev–Trinajstić information content (AvgIpc) is 2.61. The van der Waals surface area contributed by atoms with E-state index in [1.807, 2.05) is 4.90 Å². The van der Waals surface area contributed by atoms with E-state index in [2.05, 4.69) is 16.1 Å². The molecule has 0 aromatic rings. The van der Waals surface area contributed by atoms with Crippen molar-refractivity contribution in [2.75, 3.05) is 32.7 Å². The van der Waals surface area contributed by atoms with Crippen LogP contribution in [0.2, 0.25) is 0 Å². The standard InChI is InChI=1S/C11H17N3O/c1-2-3-4-5-13-6-7-14-10(9-13)8-12-11(14)15/h1,10H,3-9H2,(H,12,15). The number of rotatable bonds is 3. The van der Waals surface area contributed by atoms with Crippen LogP contribution in [0, 0.1) is 12.3 Å². The molecule has 4 nitrogen and oxygen atoms in total. The summed E-state index contributed by atoms with van der Waals surface area (Å²) >= 11 is 0. The van der Waals surface area contributed by atoms with Crippen molar-refractivity contribution in [2.45, 2.75) is 18.9 Å². The molecule has 2 amide bonds. The molecule has 0 radical (unpaired) electrons. The second-order valence-corrected chi connectivity index (χ2v) is 4.14. The van der Waals surface area contributed by atoms with Gasteiger partial charge in [-0.2, -0.15) is 0 Å². The van der Waals surface area contributed by atoms with Gasteiger partial charge in [-0.05, 0) is 13.0 Å². The van der Waals surface area contributed by atoms with Gasteiger partial charge in [-0.3, -0.25) is 4.90 Å². The fourth-order valence-corrected chi connectivity index (χ4v) is 2.28. The lowest BCUT2D eigenvalue weighted by atomic mass is 10.2. The first-order valence-corrected chi connectivity index (χ1v) is 5.51. The molecule has 4 heteroatoms. The van der Waals surface area contributed by atoms with Gasteiger partial charge < -0.3 is 10.2 Å². The highest BCUT2D eigenvalue weighted by Gasteiger charge is 2.34. The number of fused-ring (bicyclic) bond motifs is 1. The number of amides is 2. The number of hydrogen-bond donors (Lipinski definition) is 1. The first kappa shape index (κ1) is 10.3. The predicted molar refractivity (Wildman–Crippen MR) is 58.4 cm³/mol. The third kappa shape index (κ3) is 2.24. The van der Waals surface area contributed by atoms with Gasteiger partial charge in [-0.15, -0.1) is 12.3 Å². The van der Waals surface area contributed by atoms with Crippen LogP contribution in [0.4, 0.5) is 4.79 Å². The second kappa shape index (κ2) is 4.54. The summed E-state index contributed by atoms with van der Waals surface area (Å²) in [6, 6.07) is 0.473. The molecule has 2 aliphatic heterocycles. The normalized spacial score (nSPS) is 25.9. The highest BCUT2D eigenvalue weighted by molar-refractivity contribution is 5.77. The molecule has 0 aromatic carbocycles. The van der Waals surface area contributed by atoms with Gasteiger partial charge in [0, 0.05) is 32.6 Å². The minimum absolute atomic E-state index is 0.100. The number of nitrogens with zero attached hydrogens (tertiary/aromatic N) is 2. The van der Waals surface area contributed by atoms with Gasteiger partial charge in [0.15, 0.2) is 0 Å². The maximum atomic E-state index is 11.3. The number of hydrogen-bond acceptors (Lipinski definition) is 2. The lowest BCUT2D eigenvalue weighted by Crippen LogP contribution is -2.52. The van der Waals surface area contributed by atoms with Crippen molar-refractivity contribution in [1.29, 1.82) is 0 Å². The summed E-state index contributed by atoms with van der Waals surface area (Å²) in [5.74, 6) is 2.66. The Morgan fingerprint density at radius 2 is 2.40 bits per heavy atom. The molecule has 0 saturated carbocycles. The number of nitrogens with one attached hydrogen (secondary N) is 1. The van der Waals surface area contributed by atoms with Crippen molar-refractivity contribution in [3.05, 3.63) is 0 Å². The summed E-state index contributed by atoms with van der Waals surface area (Å²) in [6.07, 6.45) is 7.13. The van der Waals surface area contributed by atoms with Gasteiger partial charge in [-0.1, -0.05) is 0 Å². The summed E-state index contributed by atoms with van der Waals surface area (Å²) in [7, 11) is 0. The molecule has 82 valence electrons. The first-order chi connectivity index (χ1) is 7.31. The molecule has 0 bridgehead atoms. The monoisotopic (exact) mass is 207 g/mol. The van der Waals surface area contributed by atoms with E-state index in [4.69, 9.17) is 6.42 Å². The fraction of sp³-hybridized carbons (Fsp3) is 0.727. The summed E-state index contributed by atoms with van der Waals surface area (Å²) in [5, 5.41) is 2.88. The van der Waals surface area contributed by atoms with Crippen molar-refractivity contribution in [3.63, 3.8) is 0 Å². The zero-order valence-corrected chi connectivity index (χ0v) is 8.91. The van der Waals surface area contributed by atoms with Crippen LogP contribution in [0.25, 0.3) is 0 Å². The summed E-state index contributed by atoms with van der Waals surface area (Å²) in [6.45, 7) is 4.68. The maximum Gasteiger partial charge on any atom is 0.317 e. The SMILES string of the molecule is C#CCCCN1CCN2C(=O)NCC2C1. The van der Waals surface area contributed by atoms with E-state index in [9.17, 15) is 4.79 Å². The van der Waals surface area contributed by atoms with E-state index < -0.39 is 0 Å². The van der Waals surface area contributed by atoms with Gasteiger partial charge in [0.25, 0.3) is 0 Å². The Hall–Kier alpha value is -1.21. The van der Waals surface area contributed by atoms with E-state index in [-0.39, 0.29) is 6.03 Å². The molecule has 2 rings (SSSR count). The van der Waals surface area contributed by atoms with Gasteiger partial charge >= 0.3 is 6.03 Å². The molecular formula is C11H17N3O. The molecule has 1 unspecified atom stereocenters. The number of piperazine rings is 1. The molecule has 15 heavy (non-hydrogen) atoms. The third-order valence-corrected chi connectivity index (χ3v) is 3.11. The highest BCUT2D eigenvalue weighted by atomic mass is 16.2. The average molecular weight is 207 g/mol. The second-order valence-electron chi connectivity index (χ2n) is 4.14. The topological polar surface area (TPSA) is 35.6 Å². The van der Waals surface area contributed by atoms with Gasteiger partial charge in [0.1, 0.15) is 0 Å². The van der Waals surface area contributed by atoms with Crippen molar-refractivity contribution in [2.24, 2.45) is 0 Å². The van der Waals surface area contributed by atoms with E-state index in [0.717, 1.165) is 45.6 Å². The largest absolute Gasteiger partial charge is 0.336 e. The highest BCUT2D eigenvalue weighted by Crippen LogP contribution is 2.14. The van der Waals surface area contributed by atoms with Crippen LogP contribution in [0.5, 0.6) is 0 Å². The molecule has 2 heterocycles. The van der Waals surface area contributed by atoms with Crippen LogP contribution in [-0.2, 0) is 0 Å². The number of carbonyl (C=O) groups excluding carboxylic acids is 1. The smallest absolute Gasteiger partial charge is 0.317 e. The molecule has 2 fully saturated rings. The van der Waals surface area contributed by atoms with Crippen molar-refractivity contribution >= 4 is 6.03 Å². The van der Waals surface area contributed by atoms with Gasteiger partial charge in [0.05, 0.1) is 6.04 Å². The fourth-order valence-electron chi connectivity index (χ4n) is 2.28. The number of unbranched alkanes of at least 4 members (excludes halogenated alkanes) is 1. The number of terminal acetylenes is 1. The van der Waals surface area contributed by atoms with E-state index in [0.29, 0.717) is 6.04 Å². The summed E-state index contributed by atoms with van der Waals surface area (Å²) in [5.41, 5.74) is 0. The molecule has 2 aliphatic rings. The Morgan fingerprint density at radius 3 is 3.20 bits per heavy atom. The molecule has 1 atom stereocenters. The van der Waals surface area contributed by atoms with Gasteiger partial charge in [0.2, 0.25) is 0 Å². The van der Waals surface area contributed by atoms with E-state index in [1.54, 1.807) is 0 Å². The van der Waals surface area contributed by atoms with Crippen molar-refractivity contribution < 1.29 is 4.79 Å². The quantitative estimate of drug-likeness (QED) is 0.526. The predicted octanol–water partition coefficient (Wildman–Crippen LogP) is 0.109. The lowest BCUT2D eigenvalue weighted by Gasteiger charge is -2.36. The van der Waals surface area contributed by atoms with Crippen LogP contribution in [0.15, 0.2) is 0 Å². The molecule has 2 saturated heterocycles. The summed E-state index contributed by atoms with van der Waals surface area (Å²) < 4.78 is 0. The van der Waals surface area contributed by atoms with Crippen LogP contribution < -0.4 is 5.32 Å².